The van der Waals surface area contributed by atoms with Crippen LogP contribution in [0, 0.1) is 0 Å². The number of H-pyrrole nitrogens is 1. The van der Waals surface area contributed by atoms with Crippen LogP contribution in [0.3, 0.4) is 0 Å². The zero-order valence-corrected chi connectivity index (χ0v) is 13.8. The third kappa shape index (κ3) is 3.65. The lowest BCUT2D eigenvalue weighted by atomic mass is 10.00. The molecule has 0 spiro atoms. The largest absolute Gasteiger partial charge is 0.870 e. The molecule has 122 valence electrons. The highest BCUT2D eigenvalue weighted by Crippen LogP contribution is 2.27. The van der Waals surface area contributed by atoms with E-state index >= 15 is 0 Å². The van der Waals surface area contributed by atoms with Crippen molar-refractivity contribution < 1.29 is 10.5 Å². The van der Waals surface area contributed by atoms with Gasteiger partial charge in [-0.25, -0.2) is 4.98 Å². The van der Waals surface area contributed by atoms with Gasteiger partial charge in [-0.2, -0.15) is 0 Å². The number of rotatable bonds is 3. The molecule has 3 aromatic carbocycles. The molecule has 0 atom stereocenters. The molecule has 4 rings (SSSR count). The molecule has 0 fully saturated rings. The van der Waals surface area contributed by atoms with E-state index in [-0.39, 0.29) is 5.48 Å². The van der Waals surface area contributed by atoms with E-state index in [0.29, 0.717) is 0 Å². The van der Waals surface area contributed by atoms with Crippen LogP contribution < -0.4 is 4.98 Å². The van der Waals surface area contributed by atoms with Gasteiger partial charge in [-0.05, 0) is 35.4 Å². The molecule has 0 unspecified atom stereocenters. The highest BCUT2D eigenvalue weighted by molar-refractivity contribution is 5.73. The lowest BCUT2D eigenvalue weighted by Crippen LogP contribution is -2.11. The van der Waals surface area contributed by atoms with Gasteiger partial charge in [-0.15, -0.1) is 0 Å². The van der Waals surface area contributed by atoms with Crippen LogP contribution in [-0.4, -0.2) is 5.48 Å². The molecule has 0 aliphatic carbocycles. The van der Waals surface area contributed by atoms with E-state index in [0.717, 1.165) is 11.4 Å². The molecule has 4 aromatic rings. The Morgan fingerprint density at radius 2 is 0.760 bits per heavy atom. The summed E-state index contributed by atoms with van der Waals surface area (Å²) in [6, 6.07) is 35.9. The Hall–Kier alpha value is -3.23. The Kier molecular flexibility index (Phi) is 5.03. The molecule has 0 aliphatic rings. The van der Waals surface area contributed by atoms with Gasteiger partial charge in [0.15, 0.2) is 0 Å². The van der Waals surface area contributed by atoms with E-state index < -0.39 is 0 Å². The molecule has 0 saturated heterocycles. The van der Waals surface area contributed by atoms with Crippen LogP contribution in [0.5, 0.6) is 0 Å². The minimum atomic E-state index is 0. The van der Waals surface area contributed by atoms with Crippen molar-refractivity contribution in [2.75, 3.05) is 0 Å². The fraction of sp³-hybridized carbons (Fsp3) is 0. The second-order valence-electron chi connectivity index (χ2n) is 5.79. The highest BCUT2D eigenvalue weighted by Gasteiger charge is 2.14. The van der Waals surface area contributed by atoms with E-state index in [1.807, 2.05) is 12.1 Å². The maximum Gasteiger partial charge on any atom is 0.211 e. The number of aromatic nitrogens is 1. The van der Waals surface area contributed by atoms with Crippen molar-refractivity contribution in [3.05, 3.63) is 103 Å². The molecule has 2 heteroatoms. The maximum absolute atomic E-state index is 3.59. The van der Waals surface area contributed by atoms with Crippen molar-refractivity contribution in [1.29, 1.82) is 0 Å². The summed E-state index contributed by atoms with van der Waals surface area (Å²) in [7, 11) is 0. The van der Waals surface area contributed by atoms with Gasteiger partial charge in [0.2, 0.25) is 11.4 Å². The predicted molar refractivity (Wildman–Crippen MR) is 101 cm³/mol. The molecule has 0 radical (unpaired) electrons. The average Bonchev–Trinajstić information content (AvgIpc) is 2.70. The van der Waals surface area contributed by atoms with E-state index in [2.05, 4.69) is 96.0 Å². The van der Waals surface area contributed by atoms with E-state index in [9.17, 15) is 0 Å². The lowest BCUT2D eigenvalue weighted by molar-refractivity contribution is -0.351. The standard InChI is InChI=1S/C23H17N.H2O/c1-4-10-18(11-5-1)21-16-22(19-12-6-2-7-13-19)24-23(17-21)20-14-8-3-9-15-20;/h1-17H;1H2. The van der Waals surface area contributed by atoms with Gasteiger partial charge in [0.1, 0.15) is 0 Å². The van der Waals surface area contributed by atoms with Gasteiger partial charge >= 0.3 is 0 Å². The highest BCUT2D eigenvalue weighted by atomic mass is 16.0. The molecule has 0 amide bonds. The third-order valence-corrected chi connectivity index (χ3v) is 4.15. The smallest absolute Gasteiger partial charge is 0.211 e. The van der Waals surface area contributed by atoms with Crippen molar-refractivity contribution in [2.24, 2.45) is 0 Å². The topological polar surface area (TPSA) is 44.1 Å². The number of aromatic amines is 1. The molecule has 1 heterocycles. The van der Waals surface area contributed by atoms with Crippen molar-refractivity contribution in [3.63, 3.8) is 0 Å². The monoisotopic (exact) mass is 325 g/mol. The number of hydrogen-bond acceptors (Lipinski definition) is 1. The normalized spacial score (nSPS) is 10.1. The number of benzene rings is 3. The molecule has 0 saturated carbocycles. The summed E-state index contributed by atoms with van der Waals surface area (Å²) in [6.07, 6.45) is 0. The first-order valence-electron chi connectivity index (χ1n) is 8.14. The molecule has 2 nitrogen and oxygen atoms in total. The van der Waals surface area contributed by atoms with E-state index in [4.69, 9.17) is 0 Å². The number of pyridine rings is 1. The fourth-order valence-electron chi connectivity index (χ4n) is 2.91. The summed E-state index contributed by atoms with van der Waals surface area (Å²) in [5.41, 5.74) is 7.06. The van der Waals surface area contributed by atoms with Crippen LogP contribution in [-0.2, 0) is 0 Å². The average molecular weight is 325 g/mol. The minimum absolute atomic E-state index is 0. The minimum Gasteiger partial charge on any atom is -0.870 e. The Bertz CT molecular complexity index is 796. The molecular formula is C23H19NO. The SMILES string of the molecule is [OH-].c1ccc(-c2cc(-c3ccccc3)[nH+]c(-c3ccccc3)c2)cc1. The van der Waals surface area contributed by atoms with E-state index in [1.54, 1.807) is 0 Å². The lowest BCUT2D eigenvalue weighted by Gasteiger charge is -2.05. The second kappa shape index (κ2) is 7.56. The van der Waals surface area contributed by atoms with Gasteiger partial charge in [0.25, 0.3) is 0 Å². The molecular weight excluding hydrogens is 306 g/mol. The number of hydrogen-bond donors (Lipinski definition) is 0. The Labute approximate surface area is 147 Å². The fourth-order valence-corrected chi connectivity index (χ4v) is 2.91. The molecule has 0 aliphatic heterocycles. The third-order valence-electron chi connectivity index (χ3n) is 4.15. The summed E-state index contributed by atoms with van der Waals surface area (Å²) in [5.74, 6) is 0. The Morgan fingerprint density at radius 3 is 1.16 bits per heavy atom. The summed E-state index contributed by atoms with van der Waals surface area (Å²) in [6.45, 7) is 0. The maximum atomic E-state index is 3.59. The van der Waals surface area contributed by atoms with Crippen LogP contribution in [0.15, 0.2) is 103 Å². The van der Waals surface area contributed by atoms with Crippen LogP contribution in [0.4, 0.5) is 0 Å². The first kappa shape index (κ1) is 16.6. The summed E-state index contributed by atoms with van der Waals surface area (Å²) >= 11 is 0. The summed E-state index contributed by atoms with van der Waals surface area (Å²) < 4.78 is 0. The van der Waals surface area contributed by atoms with Gasteiger partial charge in [-0.3, -0.25) is 0 Å². The first-order valence-corrected chi connectivity index (χ1v) is 8.14. The summed E-state index contributed by atoms with van der Waals surface area (Å²) in [4.78, 5) is 3.59. The molecule has 1 aromatic heterocycles. The first-order chi connectivity index (χ1) is 11.9. The van der Waals surface area contributed by atoms with Crippen LogP contribution in [0.1, 0.15) is 0 Å². The van der Waals surface area contributed by atoms with Crippen molar-refractivity contribution in [2.45, 2.75) is 0 Å². The summed E-state index contributed by atoms with van der Waals surface area (Å²) in [5, 5.41) is 0. The Morgan fingerprint density at radius 1 is 0.400 bits per heavy atom. The zero-order valence-electron chi connectivity index (χ0n) is 13.8. The zero-order chi connectivity index (χ0) is 16.2. The second-order valence-corrected chi connectivity index (χ2v) is 5.79. The van der Waals surface area contributed by atoms with Crippen LogP contribution >= 0.6 is 0 Å². The molecule has 0 bridgehead atoms. The molecule has 25 heavy (non-hydrogen) atoms. The number of nitrogens with one attached hydrogen (secondary N) is 1. The van der Waals surface area contributed by atoms with Crippen molar-refractivity contribution in [1.82, 2.24) is 0 Å². The van der Waals surface area contributed by atoms with Gasteiger partial charge in [-0.1, -0.05) is 66.7 Å². The van der Waals surface area contributed by atoms with Gasteiger partial charge in [0.05, 0.1) is 0 Å². The van der Waals surface area contributed by atoms with Crippen molar-refractivity contribution >= 4 is 0 Å². The van der Waals surface area contributed by atoms with Crippen LogP contribution in [0.25, 0.3) is 33.6 Å². The predicted octanol–water partition coefficient (Wildman–Crippen LogP) is 5.32. The van der Waals surface area contributed by atoms with E-state index in [1.165, 1.54) is 22.3 Å². The van der Waals surface area contributed by atoms with Crippen molar-refractivity contribution in [3.8, 4) is 33.6 Å². The molecule has 2 N–H and O–H groups in total. The Balaban J connectivity index is 0.00000182. The van der Waals surface area contributed by atoms with Gasteiger partial charge in [0, 0.05) is 23.3 Å². The van der Waals surface area contributed by atoms with Gasteiger partial charge < -0.3 is 5.48 Å². The quantitative estimate of drug-likeness (QED) is 0.502. The van der Waals surface area contributed by atoms with Crippen LogP contribution in [0.2, 0.25) is 0 Å².